The predicted molar refractivity (Wildman–Crippen MR) is 87.6 cm³/mol. The zero-order valence-electron chi connectivity index (χ0n) is 15.2. The first-order chi connectivity index (χ1) is 9.15. The highest BCUT2D eigenvalue weighted by Crippen LogP contribution is 2.11. The largest absolute Gasteiger partial charge is 1.00 e. The first-order valence-electron chi connectivity index (χ1n) is 8.71. The van der Waals surface area contributed by atoms with Crippen molar-refractivity contribution in [3.63, 3.8) is 0 Å². The molecule has 0 radical (unpaired) electrons. The van der Waals surface area contributed by atoms with Crippen molar-refractivity contribution in [1.82, 2.24) is 0 Å². The van der Waals surface area contributed by atoms with Gasteiger partial charge in [-0.15, -0.1) is 0 Å². The molecule has 0 spiro atoms. The van der Waals surface area contributed by atoms with Crippen molar-refractivity contribution < 1.29 is 58.6 Å². The third-order valence-corrected chi connectivity index (χ3v) is 3.10. The Balaban J connectivity index is -0.000000213. The summed E-state index contributed by atoms with van der Waals surface area (Å²) >= 11 is 0. The molecule has 0 aliphatic carbocycles. The fourth-order valence-electron chi connectivity index (χ4n) is 2.02. The number of hydrogen-bond donors (Lipinski definition) is 2. The molecule has 0 heterocycles. The number of quaternary nitrogens is 2. The highest BCUT2D eigenvalue weighted by atomic mass is 127. The molecular weight excluding hydrogens is 486 g/mol. The molecule has 21 heavy (non-hydrogen) atoms. The standard InChI is InChI=1S/C14H31N.C3H9N.2HI/c1-2-3-4-5-6-7-8-9-10-11-12-13-14-15;1-4(2)3;;/h2-15H2,1H3;1-3H3;2*1H. The lowest BCUT2D eigenvalue weighted by Crippen LogP contribution is -3.02. The average Bonchev–Trinajstić information content (AvgIpc) is 2.35. The molecule has 0 aromatic carbocycles. The van der Waals surface area contributed by atoms with Gasteiger partial charge in [-0.2, -0.15) is 0 Å². The first-order valence-corrected chi connectivity index (χ1v) is 8.71. The van der Waals surface area contributed by atoms with Crippen LogP contribution in [0.4, 0.5) is 0 Å². The summed E-state index contributed by atoms with van der Waals surface area (Å²) < 4.78 is 0. The van der Waals surface area contributed by atoms with Crippen molar-refractivity contribution in [3.05, 3.63) is 0 Å². The SMILES string of the molecule is CCCCCCCCCCCCCC[NH3+].C[NH+](C)C.[I-].[I-]. The van der Waals surface area contributed by atoms with E-state index in [1.165, 1.54) is 81.9 Å². The lowest BCUT2D eigenvalue weighted by Gasteiger charge is -2.01. The van der Waals surface area contributed by atoms with Crippen LogP contribution in [-0.4, -0.2) is 27.7 Å². The molecule has 0 aromatic heterocycles. The number of hydrogen-bond acceptors (Lipinski definition) is 0. The Hall–Kier alpha value is 1.38. The lowest BCUT2D eigenvalue weighted by molar-refractivity contribution is -0.836. The van der Waals surface area contributed by atoms with Gasteiger partial charge in [0.2, 0.25) is 0 Å². The Bertz CT molecular complexity index is 130. The molecule has 0 aliphatic rings. The number of rotatable bonds is 12. The van der Waals surface area contributed by atoms with Crippen molar-refractivity contribution in [1.29, 1.82) is 0 Å². The van der Waals surface area contributed by atoms with Crippen molar-refractivity contribution >= 4 is 0 Å². The average molecular weight is 528 g/mol. The van der Waals surface area contributed by atoms with Crippen LogP contribution in [0, 0.1) is 0 Å². The second-order valence-electron chi connectivity index (χ2n) is 6.24. The van der Waals surface area contributed by atoms with Crippen LogP contribution >= 0.6 is 0 Å². The maximum Gasteiger partial charge on any atom is 0.0739 e. The zero-order chi connectivity index (χ0) is 14.8. The molecule has 0 saturated heterocycles. The van der Waals surface area contributed by atoms with E-state index < -0.39 is 0 Å². The number of nitrogens with one attached hydrogen (secondary N) is 1. The number of unbranched alkanes of at least 4 members (excludes halogenated alkanes) is 11. The van der Waals surface area contributed by atoms with Gasteiger partial charge in [-0.05, 0) is 12.8 Å². The Morgan fingerprint density at radius 3 is 1.05 bits per heavy atom. The molecule has 0 bridgehead atoms. The summed E-state index contributed by atoms with van der Waals surface area (Å²) in [5, 5.41) is 0. The van der Waals surface area contributed by atoms with Gasteiger partial charge in [0.05, 0.1) is 27.7 Å². The van der Waals surface area contributed by atoms with Gasteiger partial charge in [0.1, 0.15) is 0 Å². The number of halogens is 2. The van der Waals surface area contributed by atoms with Crippen LogP contribution in [0.25, 0.3) is 0 Å². The van der Waals surface area contributed by atoms with Crippen LogP contribution in [0.5, 0.6) is 0 Å². The molecule has 0 rings (SSSR count). The second-order valence-corrected chi connectivity index (χ2v) is 6.24. The minimum Gasteiger partial charge on any atom is -1.00 e. The van der Waals surface area contributed by atoms with E-state index in [4.69, 9.17) is 0 Å². The summed E-state index contributed by atoms with van der Waals surface area (Å²) in [4.78, 5) is 1.42. The molecule has 0 unspecified atom stereocenters. The van der Waals surface area contributed by atoms with Crippen LogP contribution < -0.4 is 58.6 Å². The molecule has 2 nitrogen and oxygen atoms in total. The van der Waals surface area contributed by atoms with Gasteiger partial charge in [-0.25, -0.2) is 0 Å². The van der Waals surface area contributed by atoms with Gasteiger partial charge in [0.15, 0.2) is 0 Å². The Morgan fingerprint density at radius 2 is 0.810 bits per heavy atom. The van der Waals surface area contributed by atoms with E-state index in [-0.39, 0.29) is 48.0 Å². The molecule has 0 aliphatic heterocycles. The minimum absolute atomic E-state index is 0. The van der Waals surface area contributed by atoms with Crippen LogP contribution in [-0.2, 0) is 0 Å². The van der Waals surface area contributed by atoms with Crippen LogP contribution in [0.3, 0.4) is 0 Å². The van der Waals surface area contributed by atoms with E-state index in [9.17, 15) is 0 Å². The highest BCUT2D eigenvalue weighted by Gasteiger charge is 1.92. The summed E-state index contributed by atoms with van der Waals surface area (Å²) in [6.45, 7) is 3.41. The van der Waals surface area contributed by atoms with Gasteiger partial charge < -0.3 is 58.6 Å². The fourth-order valence-corrected chi connectivity index (χ4v) is 2.02. The van der Waals surface area contributed by atoms with Gasteiger partial charge in [-0.3, -0.25) is 0 Å². The molecule has 0 amide bonds. The molecule has 4 N–H and O–H groups in total. The van der Waals surface area contributed by atoms with Gasteiger partial charge in [0, 0.05) is 0 Å². The van der Waals surface area contributed by atoms with Crippen LogP contribution in [0.15, 0.2) is 0 Å². The van der Waals surface area contributed by atoms with Crippen molar-refractivity contribution in [3.8, 4) is 0 Å². The molecular formula is C17H42I2N2. The minimum atomic E-state index is 0. The summed E-state index contributed by atoms with van der Waals surface area (Å²) in [6.07, 6.45) is 17.2. The molecule has 0 atom stereocenters. The van der Waals surface area contributed by atoms with Gasteiger partial charge in [-0.1, -0.05) is 71.1 Å². The quantitative estimate of drug-likeness (QED) is 0.197. The Morgan fingerprint density at radius 1 is 0.571 bits per heavy atom. The maximum absolute atomic E-state index is 3.87. The molecule has 0 fully saturated rings. The topological polar surface area (TPSA) is 32.1 Å². The van der Waals surface area contributed by atoms with E-state index in [1.54, 1.807) is 0 Å². The van der Waals surface area contributed by atoms with E-state index in [1.807, 2.05) is 0 Å². The summed E-state index contributed by atoms with van der Waals surface area (Å²) in [5.41, 5.74) is 3.87. The van der Waals surface area contributed by atoms with Crippen molar-refractivity contribution in [2.75, 3.05) is 27.7 Å². The van der Waals surface area contributed by atoms with E-state index in [0.29, 0.717) is 0 Å². The third-order valence-electron chi connectivity index (χ3n) is 3.10. The third kappa shape index (κ3) is 44.9. The van der Waals surface area contributed by atoms with Gasteiger partial charge in [0.25, 0.3) is 0 Å². The van der Waals surface area contributed by atoms with Crippen molar-refractivity contribution in [2.24, 2.45) is 0 Å². The predicted octanol–water partition coefficient (Wildman–Crippen LogP) is -3.30. The second kappa shape index (κ2) is 29.4. The van der Waals surface area contributed by atoms with Gasteiger partial charge >= 0.3 is 0 Å². The van der Waals surface area contributed by atoms with Crippen molar-refractivity contribution in [2.45, 2.75) is 84.0 Å². The molecule has 0 aromatic rings. The molecule has 134 valence electrons. The molecule has 4 heteroatoms. The van der Waals surface area contributed by atoms with Crippen LogP contribution in [0.2, 0.25) is 0 Å². The summed E-state index contributed by atoms with van der Waals surface area (Å²) in [6, 6.07) is 0. The zero-order valence-corrected chi connectivity index (χ0v) is 19.5. The molecule has 0 saturated carbocycles. The Labute approximate surface area is 169 Å². The first kappa shape index (κ1) is 30.3. The normalized spacial score (nSPS) is 9.43. The van der Waals surface area contributed by atoms with E-state index in [0.717, 1.165) is 6.54 Å². The van der Waals surface area contributed by atoms with E-state index in [2.05, 4.69) is 33.8 Å². The summed E-state index contributed by atoms with van der Waals surface area (Å²) in [7, 11) is 6.25. The lowest BCUT2D eigenvalue weighted by atomic mass is 10.1. The monoisotopic (exact) mass is 528 g/mol. The van der Waals surface area contributed by atoms with E-state index >= 15 is 0 Å². The Kier molecular flexibility index (Phi) is 42.4. The smallest absolute Gasteiger partial charge is 0.0739 e. The highest BCUT2D eigenvalue weighted by molar-refractivity contribution is 4.47. The van der Waals surface area contributed by atoms with Crippen LogP contribution in [0.1, 0.15) is 84.0 Å². The maximum atomic E-state index is 3.87. The summed E-state index contributed by atoms with van der Waals surface area (Å²) in [5.74, 6) is 0. The fraction of sp³-hybridized carbons (Fsp3) is 1.00.